The summed E-state index contributed by atoms with van der Waals surface area (Å²) in [4.78, 5) is 25.6. The van der Waals surface area contributed by atoms with Crippen molar-refractivity contribution in [3.05, 3.63) is 0 Å². The second-order valence-corrected chi connectivity index (χ2v) is 13.9. The maximum atomic E-state index is 12.6. The molecular formula is C38H78N2O11. The van der Waals surface area contributed by atoms with Gasteiger partial charge < -0.3 is 54.3 Å². The molecule has 0 bridgehead atoms. The number of carbonyl (C=O) groups is 2. The number of carbonyl (C=O) groups excluding carboxylic acids is 2. The molecule has 0 aliphatic carbocycles. The van der Waals surface area contributed by atoms with Crippen LogP contribution in [0.15, 0.2) is 0 Å². The van der Waals surface area contributed by atoms with Crippen LogP contribution in [-0.2, 0) is 33.3 Å². The van der Waals surface area contributed by atoms with Crippen LogP contribution in [0.3, 0.4) is 0 Å². The van der Waals surface area contributed by atoms with Crippen LogP contribution in [0.1, 0.15) is 115 Å². The van der Waals surface area contributed by atoms with E-state index in [2.05, 4.69) is 29.0 Å². The number of cyclic esters (lactones) is 1. The van der Waals surface area contributed by atoms with E-state index in [1.165, 1.54) is 7.11 Å². The first-order valence-corrected chi connectivity index (χ1v) is 19.3. The van der Waals surface area contributed by atoms with E-state index in [4.69, 9.17) is 24.1 Å². The van der Waals surface area contributed by atoms with Gasteiger partial charge in [-0.05, 0) is 72.5 Å². The Hall–Kier alpha value is -1.26. The summed E-state index contributed by atoms with van der Waals surface area (Å²) in [5.41, 5.74) is -1.18. The minimum Gasteiger partial charge on any atom is -0.463 e. The summed E-state index contributed by atoms with van der Waals surface area (Å²) in [6.07, 6.45) is -1.78. The zero-order chi connectivity index (χ0) is 40.1. The summed E-state index contributed by atoms with van der Waals surface area (Å²) >= 11 is 0. The molecule has 13 nitrogen and oxygen atoms in total. The quantitative estimate of drug-likeness (QED) is 0.263. The molecule has 3 aliphatic heterocycles. The number of methoxy groups -OCH3 is 1. The van der Waals surface area contributed by atoms with E-state index in [0.29, 0.717) is 31.8 Å². The zero-order valence-corrected chi connectivity index (χ0v) is 34.7. The number of aliphatic hydroxyl groups excluding tert-OH is 3. The summed E-state index contributed by atoms with van der Waals surface area (Å²) in [5, 5.41) is 44.5. The predicted octanol–water partition coefficient (Wildman–Crippen LogP) is 3.91. The van der Waals surface area contributed by atoms with E-state index >= 15 is 0 Å². The first-order chi connectivity index (χ1) is 23.9. The Morgan fingerprint density at radius 1 is 0.902 bits per heavy atom. The van der Waals surface area contributed by atoms with Gasteiger partial charge in [-0.3, -0.25) is 9.59 Å². The highest BCUT2D eigenvalue weighted by molar-refractivity contribution is 5.84. The van der Waals surface area contributed by atoms with Crippen LogP contribution in [0.5, 0.6) is 0 Å². The summed E-state index contributed by atoms with van der Waals surface area (Å²) < 4.78 is 27.4. The second kappa shape index (κ2) is 27.3. The molecule has 0 aromatic heterocycles. The van der Waals surface area contributed by atoms with Gasteiger partial charge in [0, 0.05) is 32.0 Å². The standard InChI is InChI=1S/C26H50N2O7.C6H10O4.3C2H6/c1-15-12-26(6,32)24(35-22-11-20(28(7)8)10-18(4)34-22)16(2)9-17(3)25(31)33-14-21(29)23(30)19(5)27-13-15;1-9-5-2-6(8)10-3-4(5)7;3*1-2/h15-24,27,29-30,32H,9-14H2,1-8H3;5-6,8H,2-3H2,1H3;3*1-2H3/t15-,16+,17?,18?,19?,20?,21?,22?,23?,24-,26-;;;;/m1..../s1. The summed E-state index contributed by atoms with van der Waals surface area (Å²) in [6.45, 7) is 23.6. The Morgan fingerprint density at radius 3 is 2.02 bits per heavy atom. The second-order valence-electron chi connectivity index (χ2n) is 13.9. The first-order valence-electron chi connectivity index (χ1n) is 19.3. The van der Waals surface area contributed by atoms with Crippen LogP contribution in [-0.4, -0.2) is 139 Å². The van der Waals surface area contributed by atoms with Crippen molar-refractivity contribution >= 4 is 11.8 Å². The van der Waals surface area contributed by atoms with Crippen molar-refractivity contribution < 1.29 is 53.7 Å². The molecule has 0 saturated carbocycles. The van der Waals surface area contributed by atoms with Crippen LogP contribution in [0, 0.1) is 17.8 Å². The number of aliphatic hydroxyl groups is 4. The summed E-state index contributed by atoms with van der Waals surface area (Å²) in [7, 11) is 5.56. The SMILES string of the molecule is CC.CC.CC.CC1CC(N(C)C)CC(O[C@@H]2[C@@H](C)CC(C)C(=O)OCC(O)C(O)C(C)NC[C@H](C)C[C@@]2(C)O)O1.COC1CC(O)OCC1=O. The van der Waals surface area contributed by atoms with Gasteiger partial charge in [0.1, 0.15) is 25.4 Å². The number of rotatable bonds is 4. The Labute approximate surface area is 310 Å². The monoisotopic (exact) mass is 739 g/mol. The van der Waals surface area contributed by atoms with Gasteiger partial charge in [0.2, 0.25) is 0 Å². The number of ketones is 1. The van der Waals surface area contributed by atoms with Crippen molar-refractivity contribution in [2.45, 2.75) is 176 Å². The van der Waals surface area contributed by atoms with Gasteiger partial charge in [0.15, 0.2) is 18.4 Å². The Balaban J connectivity index is 0. The molecule has 3 fully saturated rings. The lowest BCUT2D eigenvalue weighted by Crippen LogP contribution is -2.52. The van der Waals surface area contributed by atoms with Gasteiger partial charge in [-0.2, -0.15) is 0 Å². The van der Waals surface area contributed by atoms with E-state index < -0.39 is 60.5 Å². The average molecular weight is 739 g/mol. The molecular weight excluding hydrogens is 660 g/mol. The number of nitrogens with zero attached hydrogens (tertiary/aromatic N) is 1. The lowest BCUT2D eigenvalue weighted by molar-refractivity contribution is -0.261. The molecule has 0 aromatic rings. The summed E-state index contributed by atoms with van der Waals surface area (Å²) in [5.74, 6) is -1.11. The van der Waals surface area contributed by atoms with Gasteiger partial charge in [-0.25, -0.2) is 0 Å². The van der Waals surface area contributed by atoms with Gasteiger partial charge in [-0.15, -0.1) is 0 Å². The molecule has 3 rings (SSSR count). The number of hydrogen-bond donors (Lipinski definition) is 5. The maximum absolute atomic E-state index is 12.6. The molecule has 5 N–H and O–H groups in total. The first kappa shape index (κ1) is 51.8. The van der Waals surface area contributed by atoms with Gasteiger partial charge in [-0.1, -0.05) is 62.3 Å². The molecule has 3 aliphatic rings. The van der Waals surface area contributed by atoms with Crippen LogP contribution in [0.4, 0.5) is 0 Å². The van der Waals surface area contributed by atoms with E-state index in [9.17, 15) is 24.9 Å². The normalized spacial score (nSPS) is 38.3. The van der Waals surface area contributed by atoms with Crippen molar-refractivity contribution in [3.63, 3.8) is 0 Å². The molecule has 51 heavy (non-hydrogen) atoms. The molecule has 9 unspecified atom stereocenters. The molecule has 0 radical (unpaired) electrons. The van der Waals surface area contributed by atoms with E-state index in [1.807, 2.05) is 62.3 Å². The highest BCUT2D eigenvalue weighted by Gasteiger charge is 2.42. The van der Waals surface area contributed by atoms with Crippen LogP contribution in [0.2, 0.25) is 0 Å². The fraction of sp³-hybridized carbons (Fsp3) is 0.947. The highest BCUT2D eigenvalue weighted by atomic mass is 16.7. The summed E-state index contributed by atoms with van der Waals surface area (Å²) in [6, 6.07) is -0.0904. The zero-order valence-electron chi connectivity index (χ0n) is 34.7. The number of ether oxygens (including phenoxy) is 5. The Kier molecular flexibility index (Phi) is 27.8. The highest BCUT2D eigenvalue weighted by Crippen LogP contribution is 2.35. The largest absolute Gasteiger partial charge is 0.463 e. The van der Waals surface area contributed by atoms with E-state index in [-0.39, 0.29) is 43.4 Å². The fourth-order valence-corrected chi connectivity index (χ4v) is 6.44. The van der Waals surface area contributed by atoms with Crippen LogP contribution < -0.4 is 5.32 Å². The average Bonchev–Trinajstić information content (AvgIpc) is 3.10. The molecule has 3 heterocycles. The third kappa shape index (κ3) is 19.1. The molecule has 306 valence electrons. The minimum atomic E-state index is -1.18. The minimum absolute atomic E-state index is 0.0417. The topological polar surface area (TPSA) is 176 Å². The van der Waals surface area contributed by atoms with Gasteiger partial charge in [0.05, 0.1) is 29.8 Å². The number of nitrogens with one attached hydrogen (secondary N) is 1. The Bertz CT molecular complexity index is 909. The van der Waals surface area contributed by atoms with Crippen molar-refractivity contribution in [3.8, 4) is 0 Å². The lowest BCUT2D eigenvalue weighted by atomic mass is 9.79. The molecule has 13 atom stereocenters. The number of Topliss-reactive ketones (excluding diaryl/α,β-unsaturated/α-hetero) is 1. The van der Waals surface area contributed by atoms with E-state index in [1.54, 1.807) is 20.8 Å². The van der Waals surface area contributed by atoms with Crippen molar-refractivity contribution in [2.24, 2.45) is 17.8 Å². The number of hydrogen-bond acceptors (Lipinski definition) is 13. The van der Waals surface area contributed by atoms with Crippen LogP contribution in [0.25, 0.3) is 0 Å². The number of esters is 1. The van der Waals surface area contributed by atoms with Crippen molar-refractivity contribution in [1.29, 1.82) is 0 Å². The molecule has 13 heteroatoms. The smallest absolute Gasteiger partial charge is 0.308 e. The molecule has 0 aromatic carbocycles. The molecule has 0 spiro atoms. The third-order valence-electron chi connectivity index (χ3n) is 9.07. The van der Waals surface area contributed by atoms with Gasteiger partial charge in [0.25, 0.3) is 0 Å². The van der Waals surface area contributed by atoms with Crippen LogP contribution >= 0.6 is 0 Å². The predicted molar refractivity (Wildman–Crippen MR) is 200 cm³/mol. The van der Waals surface area contributed by atoms with Gasteiger partial charge >= 0.3 is 5.97 Å². The van der Waals surface area contributed by atoms with Crippen molar-refractivity contribution in [2.75, 3.05) is 41.0 Å². The third-order valence-corrected chi connectivity index (χ3v) is 9.07. The van der Waals surface area contributed by atoms with E-state index in [0.717, 1.165) is 6.42 Å². The maximum Gasteiger partial charge on any atom is 0.308 e. The lowest BCUT2D eigenvalue weighted by Gasteiger charge is -2.44. The Morgan fingerprint density at radius 2 is 1.49 bits per heavy atom. The van der Waals surface area contributed by atoms with Crippen molar-refractivity contribution in [1.82, 2.24) is 10.2 Å². The molecule has 3 saturated heterocycles. The fourth-order valence-electron chi connectivity index (χ4n) is 6.44. The molecule has 0 amide bonds.